The van der Waals surface area contributed by atoms with Crippen LogP contribution in [0.15, 0.2) is 0 Å². The molecule has 2 N–H and O–H groups in total. The van der Waals surface area contributed by atoms with Crippen molar-refractivity contribution < 1.29 is 9.90 Å². The molecule has 15 heavy (non-hydrogen) atoms. The number of hydrogen-bond acceptors (Lipinski definition) is 5. The van der Waals surface area contributed by atoms with Crippen molar-refractivity contribution >= 4 is 11.9 Å². The highest BCUT2D eigenvalue weighted by atomic mass is 16.4. The summed E-state index contributed by atoms with van der Waals surface area (Å²) in [6.07, 6.45) is 3.01. The van der Waals surface area contributed by atoms with Crippen LogP contribution < -0.4 is 5.32 Å². The third kappa shape index (κ3) is 1.90. The third-order valence-corrected chi connectivity index (χ3v) is 2.79. The van der Waals surface area contributed by atoms with Crippen LogP contribution in [0.4, 0.5) is 5.95 Å². The largest absolute Gasteiger partial charge is 0.480 e. The molecule has 0 spiro atoms. The number of aromatic nitrogens is 4. The van der Waals surface area contributed by atoms with E-state index in [0.29, 0.717) is 5.95 Å². The van der Waals surface area contributed by atoms with Gasteiger partial charge in [0, 0.05) is 7.05 Å². The molecule has 1 aliphatic carbocycles. The van der Waals surface area contributed by atoms with Gasteiger partial charge in [-0.2, -0.15) is 0 Å². The quantitative estimate of drug-likeness (QED) is 0.721. The summed E-state index contributed by atoms with van der Waals surface area (Å²) in [6, 6.07) is -0.580. The van der Waals surface area contributed by atoms with Crippen LogP contribution in [-0.4, -0.2) is 37.3 Å². The Morgan fingerprint density at radius 1 is 1.67 bits per heavy atom. The van der Waals surface area contributed by atoms with Crippen molar-refractivity contribution in [3.63, 3.8) is 0 Å². The van der Waals surface area contributed by atoms with E-state index < -0.39 is 12.0 Å². The van der Waals surface area contributed by atoms with Crippen molar-refractivity contribution in [2.75, 3.05) is 5.32 Å². The zero-order valence-electron chi connectivity index (χ0n) is 8.42. The first-order chi connectivity index (χ1) is 7.18. The standard InChI is InChI=1S/C8H13N5O2/c1-13-8(10-11-12-13)9-6(7(14)15)5-3-2-4-5/h5-6H,2-4H2,1H3,(H,14,15)(H,9,10,12). The Bertz CT molecular complexity index is 360. The van der Waals surface area contributed by atoms with Gasteiger partial charge in [0.2, 0.25) is 5.95 Å². The number of hydrogen-bond donors (Lipinski definition) is 2. The van der Waals surface area contributed by atoms with Crippen molar-refractivity contribution in [3.05, 3.63) is 0 Å². The number of carboxylic acid groups (broad SMARTS) is 1. The summed E-state index contributed by atoms with van der Waals surface area (Å²) < 4.78 is 1.43. The molecule has 0 amide bonds. The van der Waals surface area contributed by atoms with E-state index in [4.69, 9.17) is 5.11 Å². The highest BCUT2D eigenvalue weighted by molar-refractivity contribution is 5.77. The number of rotatable bonds is 4. The molecule has 1 aliphatic rings. The van der Waals surface area contributed by atoms with Crippen LogP contribution in [0, 0.1) is 5.92 Å². The predicted molar refractivity (Wildman–Crippen MR) is 51.2 cm³/mol. The lowest BCUT2D eigenvalue weighted by molar-refractivity contribution is -0.139. The molecular formula is C8H13N5O2. The van der Waals surface area contributed by atoms with Gasteiger partial charge in [-0.05, 0) is 29.2 Å². The van der Waals surface area contributed by atoms with Gasteiger partial charge in [-0.25, -0.2) is 9.48 Å². The molecule has 82 valence electrons. The van der Waals surface area contributed by atoms with E-state index in [-0.39, 0.29) is 5.92 Å². The molecule has 1 atom stereocenters. The van der Waals surface area contributed by atoms with E-state index in [1.807, 2.05) is 0 Å². The number of carboxylic acids is 1. The van der Waals surface area contributed by atoms with Crippen molar-refractivity contribution in [3.8, 4) is 0 Å². The zero-order chi connectivity index (χ0) is 10.8. The molecule has 1 unspecified atom stereocenters. The topological polar surface area (TPSA) is 92.9 Å². The maximum absolute atomic E-state index is 11.0. The molecule has 0 bridgehead atoms. The van der Waals surface area contributed by atoms with Crippen LogP contribution in [0.1, 0.15) is 19.3 Å². The molecule has 2 rings (SSSR count). The van der Waals surface area contributed by atoms with Gasteiger partial charge in [-0.15, -0.1) is 0 Å². The number of aliphatic carboxylic acids is 1. The first-order valence-corrected chi connectivity index (χ1v) is 4.90. The summed E-state index contributed by atoms with van der Waals surface area (Å²) in [5, 5.41) is 22.7. The van der Waals surface area contributed by atoms with Crippen LogP contribution in [0.2, 0.25) is 0 Å². The normalized spacial score (nSPS) is 18.2. The minimum absolute atomic E-state index is 0.194. The number of carbonyl (C=O) groups is 1. The fourth-order valence-corrected chi connectivity index (χ4v) is 1.65. The number of tetrazole rings is 1. The van der Waals surface area contributed by atoms with Crippen molar-refractivity contribution in [1.29, 1.82) is 0 Å². The van der Waals surface area contributed by atoms with Crippen molar-refractivity contribution in [1.82, 2.24) is 20.2 Å². The number of nitrogens with one attached hydrogen (secondary N) is 1. The predicted octanol–water partition coefficient (Wildman–Crippen LogP) is -0.125. The average Bonchev–Trinajstić information content (AvgIpc) is 2.47. The second-order valence-electron chi connectivity index (χ2n) is 3.78. The average molecular weight is 211 g/mol. The van der Waals surface area contributed by atoms with Crippen molar-refractivity contribution in [2.45, 2.75) is 25.3 Å². The summed E-state index contributed by atoms with van der Waals surface area (Å²) in [6.45, 7) is 0. The lowest BCUT2D eigenvalue weighted by atomic mass is 9.80. The fourth-order valence-electron chi connectivity index (χ4n) is 1.65. The summed E-state index contributed by atoms with van der Waals surface area (Å²) in [4.78, 5) is 11.0. The summed E-state index contributed by atoms with van der Waals surface area (Å²) in [7, 11) is 1.67. The Labute approximate surface area is 86.5 Å². The molecule has 0 saturated heterocycles. The van der Waals surface area contributed by atoms with E-state index in [1.165, 1.54) is 4.68 Å². The monoisotopic (exact) mass is 211 g/mol. The Morgan fingerprint density at radius 2 is 2.40 bits per heavy atom. The van der Waals surface area contributed by atoms with Gasteiger partial charge in [0.25, 0.3) is 0 Å². The van der Waals surface area contributed by atoms with E-state index in [9.17, 15) is 4.79 Å². The Hall–Kier alpha value is -1.66. The van der Waals surface area contributed by atoms with Crippen LogP contribution in [0.25, 0.3) is 0 Å². The molecule has 1 aromatic heterocycles. The van der Waals surface area contributed by atoms with E-state index in [0.717, 1.165) is 19.3 Å². The lowest BCUT2D eigenvalue weighted by Gasteiger charge is -2.31. The molecular weight excluding hydrogens is 198 g/mol. The van der Waals surface area contributed by atoms with Crippen molar-refractivity contribution in [2.24, 2.45) is 13.0 Å². The van der Waals surface area contributed by atoms with Gasteiger partial charge in [0.05, 0.1) is 0 Å². The minimum atomic E-state index is -0.845. The second kappa shape index (κ2) is 3.84. The Balaban J connectivity index is 2.06. The minimum Gasteiger partial charge on any atom is -0.480 e. The van der Waals surface area contributed by atoms with Gasteiger partial charge in [0.15, 0.2) is 0 Å². The molecule has 0 aliphatic heterocycles. The van der Waals surface area contributed by atoms with Gasteiger partial charge in [-0.3, -0.25) is 0 Å². The first-order valence-electron chi connectivity index (χ1n) is 4.90. The third-order valence-electron chi connectivity index (χ3n) is 2.79. The second-order valence-corrected chi connectivity index (χ2v) is 3.78. The number of anilines is 1. The highest BCUT2D eigenvalue weighted by Gasteiger charge is 2.33. The maximum Gasteiger partial charge on any atom is 0.326 e. The summed E-state index contributed by atoms with van der Waals surface area (Å²) >= 11 is 0. The smallest absolute Gasteiger partial charge is 0.326 e. The first kappa shape index (κ1) is 9.88. The molecule has 1 fully saturated rings. The molecule has 0 radical (unpaired) electrons. The molecule has 0 aromatic carbocycles. The van der Waals surface area contributed by atoms with E-state index in [2.05, 4.69) is 20.8 Å². The SMILES string of the molecule is Cn1nnnc1NC(C(=O)O)C1CCC1. The van der Waals surface area contributed by atoms with Crippen LogP contribution in [0.5, 0.6) is 0 Å². The summed E-state index contributed by atoms with van der Waals surface area (Å²) in [5.74, 6) is -0.254. The van der Waals surface area contributed by atoms with E-state index >= 15 is 0 Å². The molecule has 7 nitrogen and oxygen atoms in total. The van der Waals surface area contributed by atoms with Gasteiger partial charge < -0.3 is 10.4 Å². The van der Waals surface area contributed by atoms with E-state index in [1.54, 1.807) is 7.05 Å². The molecule has 1 saturated carbocycles. The Kier molecular flexibility index (Phi) is 2.53. The Morgan fingerprint density at radius 3 is 2.80 bits per heavy atom. The van der Waals surface area contributed by atoms with Gasteiger partial charge in [0.1, 0.15) is 6.04 Å². The maximum atomic E-state index is 11.0. The lowest BCUT2D eigenvalue weighted by Crippen LogP contribution is -2.40. The fraction of sp³-hybridized carbons (Fsp3) is 0.750. The van der Waals surface area contributed by atoms with Crippen LogP contribution in [0.3, 0.4) is 0 Å². The highest BCUT2D eigenvalue weighted by Crippen LogP contribution is 2.30. The van der Waals surface area contributed by atoms with Crippen LogP contribution >= 0.6 is 0 Å². The summed E-state index contributed by atoms with van der Waals surface area (Å²) in [5.41, 5.74) is 0. The van der Waals surface area contributed by atoms with Gasteiger partial charge >= 0.3 is 5.97 Å². The van der Waals surface area contributed by atoms with Gasteiger partial charge in [-0.1, -0.05) is 11.5 Å². The van der Waals surface area contributed by atoms with Crippen LogP contribution in [-0.2, 0) is 11.8 Å². The zero-order valence-corrected chi connectivity index (χ0v) is 8.42. The molecule has 1 aromatic rings. The molecule has 1 heterocycles. The number of nitrogens with zero attached hydrogens (tertiary/aromatic N) is 4. The number of aryl methyl sites for hydroxylation is 1. The molecule has 7 heteroatoms.